The Balaban J connectivity index is 2.25. The third-order valence-electron chi connectivity index (χ3n) is 2.75. The molecular weight excluding hydrogens is 328 g/mol. The van der Waals surface area contributed by atoms with Crippen LogP contribution in [-0.2, 0) is 6.42 Å². The van der Waals surface area contributed by atoms with Gasteiger partial charge < -0.3 is 11.1 Å². The van der Waals surface area contributed by atoms with E-state index in [-0.39, 0.29) is 10.9 Å². The molecule has 3 N–H and O–H groups in total. The molecule has 0 aliphatic rings. The van der Waals surface area contributed by atoms with Crippen LogP contribution in [0.1, 0.15) is 34.3 Å². The summed E-state index contributed by atoms with van der Waals surface area (Å²) in [7, 11) is 0. The number of anilines is 1. The molecule has 1 heterocycles. The monoisotopic (exact) mass is 340 g/mol. The highest BCUT2D eigenvalue weighted by molar-refractivity contribution is 7.80. The Kier molecular flexibility index (Phi) is 5.22. The fourth-order valence-electron chi connectivity index (χ4n) is 1.73. The number of amides is 1. The molecule has 0 radical (unpaired) electrons. The van der Waals surface area contributed by atoms with Gasteiger partial charge in [-0.2, -0.15) is 0 Å². The first-order chi connectivity index (χ1) is 10.0. The van der Waals surface area contributed by atoms with Gasteiger partial charge >= 0.3 is 0 Å². The van der Waals surface area contributed by atoms with Crippen LogP contribution < -0.4 is 11.1 Å². The lowest BCUT2D eigenvalue weighted by atomic mass is 10.2. The Bertz CT molecular complexity index is 687. The third-order valence-corrected chi connectivity index (χ3v) is 4.08. The van der Waals surface area contributed by atoms with Gasteiger partial charge in [-0.15, -0.1) is 5.10 Å². The minimum Gasteiger partial charge on any atom is -0.389 e. The molecule has 1 aromatic heterocycles. The van der Waals surface area contributed by atoms with Crippen molar-refractivity contribution in [1.29, 1.82) is 0 Å². The minimum absolute atomic E-state index is 0.244. The zero-order chi connectivity index (χ0) is 15.4. The lowest BCUT2D eigenvalue weighted by Crippen LogP contribution is -2.14. The molecule has 0 aliphatic carbocycles. The molecule has 0 aliphatic heterocycles. The Morgan fingerprint density at radius 3 is 2.95 bits per heavy atom. The van der Waals surface area contributed by atoms with Crippen molar-refractivity contribution in [2.45, 2.75) is 19.8 Å². The number of thiocarbonyl (C=S) groups is 1. The predicted molar refractivity (Wildman–Crippen MR) is 89.2 cm³/mol. The number of nitrogens with two attached hydrogens (primary N) is 1. The van der Waals surface area contributed by atoms with Crippen LogP contribution in [0.3, 0.4) is 0 Å². The molecule has 1 amide bonds. The topological polar surface area (TPSA) is 80.9 Å². The largest absolute Gasteiger partial charge is 0.389 e. The van der Waals surface area contributed by atoms with E-state index in [2.05, 4.69) is 14.9 Å². The van der Waals surface area contributed by atoms with Crippen molar-refractivity contribution in [3.8, 4) is 0 Å². The van der Waals surface area contributed by atoms with Crippen molar-refractivity contribution >= 4 is 51.9 Å². The molecule has 0 atom stereocenters. The molecule has 1 aromatic carbocycles. The Morgan fingerprint density at radius 2 is 2.29 bits per heavy atom. The molecule has 2 rings (SSSR count). The number of benzene rings is 1. The molecule has 0 bridgehead atoms. The number of carbonyl (C=O) groups is 1. The molecule has 21 heavy (non-hydrogen) atoms. The molecule has 8 heteroatoms. The molecule has 2 aromatic rings. The first-order valence-electron chi connectivity index (χ1n) is 6.24. The Labute approximate surface area is 136 Å². The van der Waals surface area contributed by atoms with E-state index in [1.807, 2.05) is 6.92 Å². The maximum atomic E-state index is 12.3. The van der Waals surface area contributed by atoms with Gasteiger partial charge in [0.15, 0.2) is 0 Å². The van der Waals surface area contributed by atoms with E-state index < -0.39 is 0 Å². The van der Waals surface area contributed by atoms with Gasteiger partial charge in [0.1, 0.15) is 9.87 Å². The van der Waals surface area contributed by atoms with E-state index >= 15 is 0 Å². The SMILES string of the molecule is CCCc1nnsc1C(=O)Nc1cc(C(N)=S)ccc1Cl. The van der Waals surface area contributed by atoms with Crippen LogP contribution in [0.15, 0.2) is 18.2 Å². The second-order valence-corrected chi connectivity index (χ2v) is 5.91. The van der Waals surface area contributed by atoms with Gasteiger partial charge in [0.05, 0.1) is 16.4 Å². The number of aryl methyl sites for hydroxylation is 1. The first-order valence-corrected chi connectivity index (χ1v) is 7.80. The summed E-state index contributed by atoms with van der Waals surface area (Å²) in [5.41, 5.74) is 7.38. The first kappa shape index (κ1) is 15.8. The summed E-state index contributed by atoms with van der Waals surface area (Å²) in [5.74, 6) is -0.282. The number of rotatable bonds is 5. The summed E-state index contributed by atoms with van der Waals surface area (Å²) in [6.07, 6.45) is 1.60. The van der Waals surface area contributed by atoms with Crippen LogP contribution in [0, 0.1) is 0 Å². The maximum Gasteiger partial charge on any atom is 0.269 e. The molecule has 0 unspecified atom stereocenters. The van der Waals surface area contributed by atoms with Gasteiger partial charge in [0.2, 0.25) is 0 Å². The molecule has 0 spiro atoms. The van der Waals surface area contributed by atoms with E-state index in [9.17, 15) is 4.79 Å². The smallest absolute Gasteiger partial charge is 0.269 e. The van der Waals surface area contributed by atoms with E-state index in [1.54, 1.807) is 18.2 Å². The van der Waals surface area contributed by atoms with E-state index in [0.717, 1.165) is 18.0 Å². The summed E-state index contributed by atoms with van der Waals surface area (Å²) in [6, 6.07) is 5.00. The summed E-state index contributed by atoms with van der Waals surface area (Å²) >= 11 is 12.1. The van der Waals surface area contributed by atoms with Crippen LogP contribution in [0.25, 0.3) is 0 Å². The average molecular weight is 341 g/mol. The van der Waals surface area contributed by atoms with E-state index in [1.165, 1.54) is 0 Å². The fraction of sp³-hybridized carbons (Fsp3) is 0.231. The second-order valence-electron chi connectivity index (χ2n) is 4.31. The van der Waals surface area contributed by atoms with Crippen molar-refractivity contribution < 1.29 is 4.79 Å². The number of nitrogens with one attached hydrogen (secondary N) is 1. The van der Waals surface area contributed by atoms with Crippen LogP contribution in [0.5, 0.6) is 0 Å². The van der Waals surface area contributed by atoms with Gasteiger partial charge in [0.25, 0.3) is 5.91 Å². The van der Waals surface area contributed by atoms with Crippen molar-refractivity contribution in [3.05, 3.63) is 39.4 Å². The number of carbonyl (C=O) groups excluding carboxylic acids is 1. The summed E-state index contributed by atoms with van der Waals surface area (Å²) in [5, 5.41) is 7.14. The quantitative estimate of drug-likeness (QED) is 0.818. The summed E-state index contributed by atoms with van der Waals surface area (Å²) < 4.78 is 3.83. The zero-order valence-electron chi connectivity index (χ0n) is 11.2. The predicted octanol–water partition coefficient (Wildman–Crippen LogP) is 3.03. The number of hydrogen-bond donors (Lipinski definition) is 2. The fourth-order valence-corrected chi connectivity index (χ4v) is 2.63. The second kappa shape index (κ2) is 6.93. The average Bonchev–Trinajstić information content (AvgIpc) is 2.89. The van der Waals surface area contributed by atoms with Gasteiger partial charge in [-0.1, -0.05) is 47.7 Å². The zero-order valence-corrected chi connectivity index (χ0v) is 13.6. The van der Waals surface area contributed by atoms with Gasteiger partial charge in [-0.25, -0.2) is 0 Å². The lowest BCUT2D eigenvalue weighted by molar-refractivity contribution is 0.102. The van der Waals surface area contributed by atoms with Crippen molar-refractivity contribution in [3.63, 3.8) is 0 Å². The van der Waals surface area contributed by atoms with Crippen LogP contribution >= 0.6 is 35.4 Å². The third kappa shape index (κ3) is 3.75. The highest BCUT2D eigenvalue weighted by Gasteiger charge is 2.17. The maximum absolute atomic E-state index is 12.3. The summed E-state index contributed by atoms with van der Waals surface area (Å²) in [6.45, 7) is 2.02. The number of nitrogens with zero attached hydrogens (tertiary/aromatic N) is 2. The van der Waals surface area contributed by atoms with Crippen molar-refractivity contribution in [2.24, 2.45) is 5.73 Å². The van der Waals surface area contributed by atoms with Gasteiger partial charge in [0, 0.05) is 5.56 Å². The highest BCUT2D eigenvalue weighted by atomic mass is 35.5. The van der Waals surface area contributed by atoms with Crippen molar-refractivity contribution in [1.82, 2.24) is 9.59 Å². The minimum atomic E-state index is -0.282. The molecular formula is C13H13ClN4OS2. The Morgan fingerprint density at radius 1 is 1.52 bits per heavy atom. The standard InChI is InChI=1S/C13H13ClN4OS2/c1-2-3-9-11(21-18-17-9)13(19)16-10-6-7(12(15)20)4-5-8(10)14/h4-6H,2-3H2,1H3,(H2,15,20)(H,16,19). The normalized spacial score (nSPS) is 10.4. The highest BCUT2D eigenvalue weighted by Crippen LogP contribution is 2.24. The van der Waals surface area contributed by atoms with Gasteiger partial charge in [-0.05, 0) is 30.1 Å². The molecule has 0 fully saturated rings. The molecule has 110 valence electrons. The van der Waals surface area contributed by atoms with Crippen LogP contribution in [0.4, 0.5) is 5.69 Å². The van der Waals surface area contributed by atoms with Crippen LogP contribution in [0.2, 0.25) is 5.02 Å². The molecule has 5 nitrogen and oxygen atoms in total. The lowest BCUT2D eigenvalue weighted by Gasteiger charge is -2.08. The Hall–Kier alpha value is -1.57. The number of aromatic nitrogens is 2. The van der Waals surface area contributed by atoms with E-state index in [4.69, 9.17) is 29.6 Å². The molecule has 0 saturated heterocycles. The number of halogens is 1. The van der Waals surface area contributed by atoms with Crippen molar-refractivity contribution in [2.75, 3.05) is 5.32 Å². The number of hydrogen-bond acceptors (Lipinski definition) is 5. The molecule has 0 saturated carbocycles. The van der Waals surface area contributed by atoms with Crippen LogP contribution in [-0.4, -0.2) is 20.5 Å². The van der Waals surface area contributed by atoms with Gasteiger partial charge in [-0.3, -0.25) is 4.79 Å². The summed E-state index contributed by atoms with van der Waals surface area (Å²) in [4.78, 5) is 13.0. The van der Waals surface area contributed by atoms with E-state index in [0.29, 0.717) is 33.3 Å².